The molecule has 2 aromatic rings. The number of rotatable bonds is 4. The van der Waals surface area contributed by atoms with Gasteiger partial charge in [0.25, 0.3) is 0 Å². The standard InChI is InChI=1S/C20H24FN5/c1-24-14-16(13-23-24)15-25-9-11-26(12-10-25)19-3-2-8-22-20(19)17-4-6-18(21)7-5-17/h2-8,13,16H,9-12,14-15H2,1H3. The number of benzene rings is 1. The zero-order chi connectivity index (χ0) is 17.9. The maximum absolute atomic E-state index is 13.2. The molecule has 1 fully saturated rings. The van der Waals surface area contributed by atoms with Crippen molar-refractivity contribution in [1.29, 1.82) is 0 Å². The molecule has 0 N–H and O–H groups in total. The van der Waals surface area contributed by atoms with Crippen LogP contribution in [0.25, 0.3) is 11.3 Å². The van der Waals surface area contributed by atoms with Crippen LogP contribution >= 0.6 is 0 Å². The van der Waals surface area contributed by atoms with E-state index in [1.165, 1.54) is 12.1 Å². The van der Waals surface area contributed by atoms with Crippen molar-refractivity contribution in [1.82, 2.24) is 14.9 Å². The Morgan fingerprint density at radius 2 is 1.85 bits per heavy atom. The van der Waals surface area contributed by atoms with Gasteiger partial charge in [0.1, 0.15) is 5.82 Å². The van der Waals surface area contributed by atoms with Gasteiger partial charge in [0.2, 0.25) is 0 Å². The summed E-state index contributed by atoms with van der Waals surface area (Å²) in [6.45, 7) is 6.09. The van der Waals surface area contributed by atoms with E-state index < -0.39 is 0 Å². The van der Waals surface area contributed by atoms with Gasteiger partial charge >= 0.3 is 0 Å². The third kappa shape index (κ3) is 3.70. The molecule has 2 aliphatic rings. The van der Waals surface area contributed by atoms with Crippen molar-refractivity contribution < 1.29 is 4.39 Å². The molecule has 2 aliphatic heterocycles. The fourth-order valence-corrected chi connectivity index (χ4v) is 3.73. The molecule has 1 saturated heterocycles. The van der Waals surface area contributed by atoms with E-state index in [1.54, 1.807) is 18.3 Å². The molecule has 1 unspecified atom stereocenters. The van der Waals surface area contributed by atoms with Crippen LogP contribution in [0.15, 0.2) is 47.7 Å². The zero-order valence-corrected chi connectivity index (χ0v) is 15.1. The van der Waals surface area contributed by atoms with E-state index in [4.69, 9.17) is 0 Å². The fourth-order valence-electron chi connectivity index (χ4n) is 3.73. The molecule has 0 amide bonds. The zero-order valence-electron chi connectivity index (χ0n) is 15.1. The summed E-state index contributed by atoms with van der Waals surface area (Å²) in [4.78, 5) is 9.46. The average Bonchev–Trinajstić information content (AvgIpc) is 3.08. The number of piperazine rings is 1. The number of halogens is 1. The molecular weight excluding hydrogens is 329 g/mol. The van der Waals surface area contributed by atoms with Crippen molar-refractivity contribution in [3.8, 4) is 11.3 Å². The van der Waals surface area contributed by atoms with Crippen LogP contribution in [0.3, 0.4) is 0 Å². The highest BCUT2D eigenvalue weighted by atomic mass is 19.1. The minimum atomic E-state index is -0.221. The topological polar surface area (TPSA) is 35.0 Å². The van der Waals surface area contributed by atoms with Gasteiger partial charge in [0.05, 0.1) is 11.4 Å². The summed E-state index contributed by atoms with van der Waals surface area (Å²) in [5.41, 5.74) is 3.00. The van der Waals surface area contributed by atoms with Crippen molar-refractivity contribution in [2.24, 2.45) is 11.0 Å². The van der Waals surface area contributed by atoms with E-state index in [1.807, 2.05) is 18.1 Å². The predicted molar refractivity (Wildman–Crippen MR) is 103 cm³/mol. The molecule has 6 heteroatoms. The number of hydrogen-bond donors (Lipinski definition) is 0. The van der Waals surface area contributed by atoms with Crippen molar-refractivity contribution in [2.45, 2.75) is 0 Å². The van der Waals surface area contributed by atoms with Crippen LogP contribution in [0.2, 0.25) is 0 Å². The highest BCUT2D eigenvalue weighted by molar-refractivity contribution is 5.75. The van der Waals surface area contributed by atoms with Crippen LogP contribution in [0, 0.1) is 11.7 Å². The van der Waals surface area contributed by atoms with Crippen molar-refractivity contribution in [3.63, 3.8) is 0 Å². The van der Waals surface area contributed by atoms with E-state index in [9.17, 15) is 4.39 Å². The van der Waals surface area contributed by atoms with E-state index in [0.717, 1.165) is 56.2 Å². The lowest BCUT2D eigenvalue weighted by atomic mass is 10.1. The second kappa shape index (κ2) is 7.41. The highest BCUT2D eigenvalue weighted by Gasteiger charge is 2.23. The van der Waals surface area contributed by atoms with Gasteiger partial charge in [-0.3, -0.25) is 14.9 Å². The van der Waals surface area contributed by atoms with Gasteiger partial charge in [-0.05, 0) is 36.4 Å². The largest absolute Gasteiger partial charge is 0.367 e. The molecular formula is C20H24FN5. The number of hydrogen-bond acceptors (Lipinski definition) is 5. The smallest absolute Gasteiger partial charge is 0.123 e. The number of nitrogens with zero attached hydrogens (tertiary/aromatic N) is 5. The Labute approximate surface area is 153 Å². The van der Waals surface area contributed by atoms with Gasteiger partial charge < -0.3 is 4.90 Å². The molecule has 4 rings (SSSR count). The minimum Gasteiger partial charge on any atom is -0.367 e. The summed E-state index contributed by atoms with van der Waals surface area (Å²) in [6, 6.07) is 10.7. The summed E-state index contributed by atoms with van der Waals surface area (Å²) in [7, 11) is 2.02. The van der Waals surface area contributed by atoms with E-state index in [2.05, 4.69) is 32.2 Å². The molecule has 0 aliphatic carbocycles. The van der Waals surface area contributed by atoms with Crippen molar-refractivity contribution in [2.75, 3.05) is 51.2 Å². The SMILES string of the molecule is CN1CC(CN2CCN(c3cccnc3-c3ccc(F)cc3)CC2)C=N1. The normalized spacial score (nSPS) is 20.8. The second-order valence-electron chi connectivity index (χ2n) is 7.03. The van der Waals surface area contributed by atoms with Gasteiger partial charge in [-0.2, -0.15) is 5.10 Å². The third-order valence-corrected chi connectivity index (χ3v) is 5.08. The summed E-state index contributed by atoms with van der Waals surface area (Å²) < 4.78 is 13.2. The molecule has 1 atom stereocenters. The van der Waals surface area contributed by atoms with Gasteiger partial charge in [0.15, 0.2) is 0 Å². The summed E-state index contributed by atoms with van der Waals surface area (Å²) in [5.74, 6) is 0.306. The second-order valence-corrected chi connectivity index (χ2v) is 7.03. The number of anilines is 1. The number of hydrazone groups is 1. The summed E-state index contributed by atoms with van der Waals surface area (Å²) >= 11 is 0. The molecule has 26 heavy (non-hydrogen) atoms. The average molecular weight is 353 g/mol. The Balaban J connectivity index is 1.43. The minimum absolute atomic E-state index is 0.221. The monoisotopic (exact) mass is 353 g/mol. The molecule has 0 bridgehead atoms. The lowest BCUT2D eigenvalue weighted by molar-refractivity contribution is 0.228. The summed E-state index contributed by atoms with van der Waals surface area (Å²) in [5, 5.41) is 6.34. The van der Waals surface area contributed by atoms with E-state index in [-0.39, 0.29) is 5.82 Å². The number of aromatic nitrogens is 1. The maximum Gasteiger partial charge on any atom is 0.123 e. The van der Waals surface area contributed by atoms with E-state index >= 15 is 0 Å². The van der Waals surface area contributed by atoms with Crippen LogP contribution in [0.1, 0.15) is 0 Å². The van der Waals surface area contributed by atoms with Crippen LogP contribution in [0.4, 0.5) is 10.1 Å². The number of pyridine rings is 1. The fraction of sp³-hybridized carbons (Fsp3) is 0.400. The van der Waals surface area contributed by atoms with Crippen LogP contribution in [-0.2, 0) is 0 Å². The third-order valence-electron chi connectivity index (χ3n) is 5.08. The van der Waals surface area contributed by atoms with Crippen molar-refractivity contribution in [3.05, 3.63) is 48.4 Å². The van der Waals surface area contributed by atoms with E-state index in [0.29, 0.717) is 5.92 Å². The first-order valence-electron chi connectivity index (χ1n) is 9.12. The maximum atomic E-state index is 13.2. The molecule has 5 nitrogen and oxygen atoms in total. The molecule has 3 heterocycles. The Hall–Kier alpha value is -2.47. The first-order valence-corrected chi connectivity index (χ1v) is 9.12. The molecule has 0 radical (unpaired) electrons. The summed E-state index contributed by atoms with van der Waals surface area (Å²) in [6.07, 6.45) is 3.87. The van der Waals surface area contributed by atoms with Crippen LogP contribution < -0.4 is 4.90 Å². The molecule has 1 aromatic carbocycles. The molecule has 0 saturated carbocycles. The van der Waals surface area contributed by atoms with Gasteiger partial charge in [-0.15, -0.1) is 0 Å². The predicted octanol–water partition coefficient (Wildman–Crippen LogP) is 2.56. The Morgan fingerprint density at radius 1 is 1.08 bits per heavy atom. The van der Waals surface area contributed by atoms with Gasteiger partial charge in [-0.1, -0.05) is 0 Å². The van der Waals surface area contributed by atoms with Gasteiger partial charge in [0, 0.05) is 70.2 Å². The highest BCUT2D eigenvalue weighted by Crippen LogP contribution is 2.29. The first-order chi connectivity index (χ1) is 12.7. The molecule has 1 aromatic heterocycles. The lowest BCUT2D eigenvalue weighted by Crippen LogP contribution is -2.48. The Kier molecular flexibility index (Phi) is 4.84. The van der Waals surface area contributed by atoms with Crippen molar-refractivity contribution >= 4 is 11.9 Å². The Morgan fingerprint density at radius 3 is 2.54 bits per heavy atom. The van der Waals surface area contributed by atoms with Crippen LogP contribution in [0.5, 0.6) is 0 Å². The molecule has 0 spiro atoms. The van der Waals surface area contributed by atoms with Gasteiger partial charge in [-0.25, -0.2) is 4.39 Å². The lowest BCUT2D eigenvalue weighted by Gasteiger charge is -2.37. The molecule has 136 valence electrons. The van der Waals surface area contributed by atoms with Crippen LogP contribution in [-0.4, -0.2) is 67.4 Å². The first kappa shape index (κ1) is 17.0. The Bertz CT molecular complexity index is 768. The quantitative estimate of drug-likeness (QED) is 0.846.